The average Bonchev–Trinajstić information content (AvgIpc) is 2.13. The van der Waals surface area contributed by atoms with Crippen LogP contribution in [-0.4, -0.2) is 41.1 Å². The monoisotopic (exact) mass is 224 g/mol. The Morgan fingerprint density at radius 1 is 1.38 bits per heavy atom. The molecule has 1 rings (SSSR count). The second kappa shape index (κ2) is 4.65. The highest BCUT2D eigenvalue weighted by Gasteiger charge is 2.21. The zero-order valence-electron chi connectivity index (χ0n) is 10.6. The fraction of sp³-hybridized carbons (Fsp3) is 0.636. The molecule has 2 N–H and O–H groups in total. The van der Waals surface area contributed by atoms with Crippen LogP contribution in [0.4, 0.5) is 5.95 Å². The lowest BCUT2D eigenvalue weighted by Crippen LogP contribution is -2.43. The fourth-order valence-electron chi connectivity index (χ4n) is 1.02. The van der Waals surface area contributed by atoms with Crippen LogP contribution in [0.25, 0.3) is 0 Å². The molecule has 1 aromatic heterocycles. The van der Waals surface area contributed by atoms with E-state index in [1.807, 2.05) is 21.0 Å². The molecule has 5 nitrogen and oxygen atoms in total. The summed E-state index contributed by atoms with van der Waals surface area (Å²) < 4.78 is 5.62. The summed E-state index contributed by atoms with van der Waals surface area (Å²) in [7, 11) is 4.03. The van der Waals surface area contributed by atoms with Crippen molar-refractivity contribution in [3.05, 3.63) is 11.8 Å². The van der Waals surface area contributed by atoms with E-state index in [0.29, 0.717) is 12.5 Å². The van der Waals surface area contributed by atoms with Gasteiger partial charge in [0.05, 0.1) is 0 Å². The summed E-state index contributed by atoms with van der Waals surface area (Å²) in [4.78, 5) is 10.1. The second-order valence-electron chi connectivity index (χ2n) is 4.70. The molecule has 0 bridgehead atoms. The highest BCUT2D eigenvalue weighted by Crippen LogP contribution is 2.15. The first-order valence-electron chi connectivity index (χ1n) is 5.22. The number of nitrogens with two attached hydrogens (primary N) is 1. The van der Waals surface area contributed by atoms with E-state index in [-0.39, 0.29) is 11.5 Å². The molecule has 0 aliphatic rings. The predicted octanol–water partition coefficient (Wildman–Crippen LogP) is 1.09. The largest absolute Gasteiger partial charge is 0.476 e. The minimum atomic E-state index is -0.0480. The number of ether oxygens (including phenoxy) is 1. The van der Waals surface area contributed by atoms with Crippen LogP contribution < -0.4 is 10.5 Å². The number of aryl methyl sites for hydroxylation is 1. The van der Waals surface area contributed by atoms with Gasteiger partial charge in [-0.2, -0.15) is 4.98 Å². The minimum Gasteiger partial charge on any atom is -0.476 e. The molecule has 90 valence electrons. The lowest BCUT2D eigenvalue weighted by Gasteiger charge is -2.31. The maximum atomic E-state index is 5.62. The van der Waals surface area contributed by atoms with Crippen molar-refractivity contribution in [3.8, 4) is 5.88 Å². The van der Waals surface area contributed by atoms with Crippen molar-refractivity contribution < 1.29 is 4.74 Å². The van der Waals surface area contributed by atoms with Crippen molar-refractivity contribution >= 4 is 5.95 Å². The van der Waals surface area contributed by atoms with Gasteiger partial charge in [-0.25, -0.2) is 4.98 Å². The van der Waals surface area contributed by atoms with Gasteiger partial charge in [0.1, 0.15) is 6.61 Å². The molecule has 0 unspecified atom stereocenters. The van der Waals surface area contributed by atoms with Gasteiger partial charge in [-0.15, -0.1) is 0 Å². The number of hydrogen-bond donors (Lipinski definition) is 1. The average molecular weight is 224 g/mol. The molecule has 5 heteroatoms. The highest BCUT2D eigenvalue weighted by molar-refractivity contribution is 5.25. The Kier molecular flexibility index (Phi) is 3.70. The SMILES string of the molecule is Cc1cc(OCC(C)(C)N(C)C)nc(N)n1. The van der Waals surface area contributed by atoms with Gasteiger partial charge in [0, 0.05) is 17.3 Å². The van der Waals surface area contributed by atoms with E-state index in [2.05, 4.69) is 28.7 Å². The van der Waals surface area contributed by atoms with Crippen LogP contribution in [-0.2, 0) is 0 Å². The Morgan fingerprint density at radius 2 is 2.00 bits per heavy atom. The van der Waals surface area contributed by atoms with Gasteiger partial charge in [-0.1, -0.05) is 0 Å². The summed E-state index contributed by atoms with van der Waals surface area (Å²) >= 11 is 0. The van der Waals surface area contributed by atoms with Crippen LogP contribution >= 0.6 is 0 Å². The molecule has 1 aromatic rings. The topological polar surface area (TPSA) is 64.3 Å². The first-order chi connectivity index (χ1) is 7.31. The molecule has 0 saturated heterocycles. The number of hydrogen-bond acceptors (Lipinski definition) is 5. The Balaban J connectivity index is 2.68. The Morgan fingerprint density at radius 3 is 2.50 bits per heavy atom. The van der Waals surface area contributed by atoms with Crippen LogP contribution in [0.2, 0.25) is 0 Å². The van der Waals surface area contributed by atoms with Gasteiger partial charge in [0.25, 0.3) is 0 Å². The molecule has 0 radical (unpaired) electrons. The molecule has 0 saturated carbocycles. The van der Waals surface area contributed by atoms with Gasteiger partial charge in [0.15, 0.2) is 0 Å². The molecule has 0 aromatic carbocycles. The maximum absolute atomic E-state index is 5.62. The van der Waals surface area contributed by atoms with Gasteiger partial charge < -0.3 is 15.4 Å². The van der Waals surface area contributed by atoms with Crippen LogP contribution in [0.3, 0.4) is 0 Å². The van der Waals surface area contributed by atoms with E-state index < -0.39 is 0 Å². The summed E-state index contributed by atoms with van der Waals surface area (Å²) in [5, 5.41) is 0. The zero-order chi connectivity index (χ0) is 12.3. The normalized spacial score (nSPS) is 11.9. The molecule has 0 amide bonds. The lowest BCUT2D eigenvalue weighted by atomic mass is 10.1. The van der Waals surface area contributed by atoms with E-state index in [1.165, 1.54) is 0 Å². The van der Waals surface area contributed by atoms with E-state index in [4.69, 9.17) is 10.5 Å². The summed E-state index contributed by atoms with van der Waals surface area (Å²) in [5.41, 5.74) is 6.31. The fourth-order valence-corrected chi connectivity index (χ4v) is 1.02. The first-order valence-corrected chi connectivity index (χ1v) is 5.22. The molecule has 0 atom stereocenters. The summed E-state index contributed by atoms with van der Waals surface area (Å²) in [5.74, 6) is 0.776. The Hall–Kier alpha value is -1.36. The molecule has 1 heterocycles. The van der Waals surface area contributed by atoms with Crippen molar-refractivity contribution in [3.63, 3.8) is 0 Å². The number of anilines is 1. The first kappa shape index (κ1) is 12.7. The van der Waals surface area contributed by atoms with Crippen LogP contribution in [0.15, 0.2) is 6.07 Å². The van der Waals surface area contributed by atoms with Gasteiger partial charge in [0.2, 0.25) is 11.8 Å². The number of rotatable bonds is 4. The minimum absolute atomic E-state index is 0.0480. The number of aromatic nitrogens is 2. The lowest BCUT2D eigenvalue weighted by molar-refractivity contribution is 0.111. The van der Waals surface area contributed by atoms with Gasteiger partial charge >= 0.3 is 0 Å². The predicted molar refractivity (Wildman–Crippen MR) is 64.4 cm³/mol. The summed E-state index contributed by atoms with van der Waals surface area (Å²) in [6, 6.07) is 1.78. The standard InChI is InChI=1S/C11H20N4O/c1-8-6-9(14-10(12)13-8)16-7-11(2,3)15(4)5/h6H,7H2,1-5H3,(H2,12,13,14). The second-order valence-corrected chi connectivity index (χ2v) is 4.70. The van der Waals surface area contributed by atoms with Gasteiger partial charge in [-0.05, 0) is 34.9 Å². The third-order valence-corrected chi connectivity index (χ3v) is 2.63. The van der Waals surface area contributed by atoms with E-state index in [0.717, 1.165) is 5.69 Å². The number of nitrogen functional groups attached to an aromatic ring is 1. The zero-order valence-corrected chi connectivity index (χ0v) is 10.6. The third-order valence-electron chi connectivity index (χ3n) is 2.63. The molecule has 16 heavy (non-hydrogen) atoms. The van der Waals surface area contributed by atoms with Crippen molar-refractivity contribution in [2.45, 2.75) is 26.3 Å². The van der Waals surface area contributed by atoms with Crippen LogP contribution in [0.1, 0.15) is 19.5 Å². The smallest absolute Gasteiger partial charge is 0.223 e. The van der Waals surface area contributed by atoms with Gasteiger partial charge in [-0.3, -0.25) is 0 Å². The van der Waals surface area contributed by atoms with Crippen LogP contribution in [0, 0.1) is 6.92 Å². The van der Waals surface area contributed by atoms with Crippen molar-refractivity contribution in [2.24, 2.45) is 0 Å². The Labute approximate surface area is 96.6 Å². The van der Waals surface area contributed by atoms with Crippen molar-refractivity contribution in [2.75, 3.05) is 26.4 Å². The number of likely N-dealkylation sites (N-methyl/N-ethyl adjacent to an activating group) is 1. The molecular weight excluding hydrogens is 204 g/mol. The third kappa shape index (κ3) is 3.34. The maximum Gasteiger partial charge on any atom is 0.223 e. The molecule has 0 fully saturated rings. The van der Waals surface area contributed by atoms with Crippen molar-refractivity contribution in [1.29, 1.82) is 0 Å². The van der Waals surface area contributed by atoms with E-state index >= 15 is 0 Å². The Bertz CT molecular complexity index is 343. The summed E-state index contributed by atoms with van der Waals surface area (Å²) in [6.07, 6.45) is 0. The molecule has 0 aliphatic carbocycles. The highest BCUT2D eigenvalue weighted by atomic mass is 16.5. The summed E-state index contributed by atoms with van der Waals surface area (Å²) in [6.45, 7) is 6.62. The van der Waals surface area contributed by atoms with E-state index in [9.17, 15) is 0 Å². The van der Waals surface area contributed by atoms with Crippen molar-refractivity contribution in [1.82, 2.24) is 14.9 Å². The quantitative estimate of drug-likeness (QED) is 0.829. The number of nitrogens with zero attached hydrogens (tertiary/aromatic N) is 3. The molecular formula is C11H20N4O. The molecule has 0 spiro atoms. The molecule has 0 aliphatic heterocycles. The van der Waals surface area contributed by atoms with E-state index in [1.54, 1.807) is 6.07 Å². The van der Waals surface area contributed by atoms with Crippen LogP contribution in [0.5, 0.6) is 5.88 Å².